The summed E-state index contributed by atoms with van der Waals surface area (Å²) in [5, 5.41) is 3.38. The van der Waals surface area contributed by atoms with E-state index in [0.717, 1.165) is 29.3 Å². The molecule has 3 nitrogen and oxygen atoms in total. The van der Waals surface area contributed by atoms with Crippen LogP contribution in [0.1, 0.15) is 24.8 Å². The molecule has 1 aliphatic carbocycles. The van der Waals surface area contributed by atoms with Gasteiger partial charge in [0.2, 0.25) is 0 Å². The molecule has 0 heterocycles. The van der Waals surface area contributed by atoms with Gasteiger partial charge in [0.05, 0.1) is 6.10 Å². The third-order valence-corrected chi connectivity index (χ3v) is 4.03. The molecule has 0 aliphatic heterocycles. The molecule has 0 aromatic heterocycles. The Morgan fingerprint density at radius 2 is 2.20 bits per heavy atom. The second-order valence-electron chi connectivity index (χ2n) is 4.88. The molecule has 0 amide bonds. The van der Waals surface area contributed by atoms with E-state index in [0.29, 0.717) is 18.7 Å². The van der Waals surface area contributed by atoms with Gasteiger partial charge in [-0.15, -0.1) is 0 Å². The smallest absolute Gasteiger partial charge is 0.387 e. The highest BCUT2D eigenvalue weighted by Crippen LogP contribution is 2.26. The number of methoxy groups -OCH3 is 1. The van der Waals surface area contributed by atoms with Crippen LogP contribution in [0.2, 0.25) is 0 Å². The van der Waals surface area contributed by atoms with Crippen LogP contribution in [-0.2, 0) is 11.3 Å². The van der Waals surface area contributed by atoms with Crippen molar-refractivity contribution in [2.75, 3.05) is 7.11 Å². The van der Waals surface area contributed by atoms with E-state index in [1.165, 1.54) is 0 Å². The van der Waals surface area contributed by atoms with Gasteiger partial charge in [-0.05, 0) is 37.5 Å². The molecular weight excluding hydrogens is 332 g/mol. The first-order valence-corrected chi connectivity index (χ1v) is 7.37. The van der Waals surface area contributed by atoms with E-state index in [1.54, 1.807) is 25.3 Å². The lowest BCUT2D eigenvalue weighted by Crippen LogP contribution is -2.27. The lowest BCUT2D eigenvalue weighted by Gasteiger charge is -2.16. The highest BCUT2D eigenvalue weighted by molar-refractivity contribution is 9.10. The van der Waals surface area contributed by atoms with Gasteiger partial charge in [0.15, 0.2) is 0 Å². The quantitative estimate of drug-likeness (QED) is 0.849. The standard InChI is InChI=1S/C14H18BrF2NO2/c1-19-12-4-3-11(7-12)18-8-9-6-10(15)2-5-13(9)20-14(16)17/h2,5-6,11-12,14,18H,3-4,7-8H2,1H3. The van der Waals surface area contributed by atoms with Crippen LogP contribution in [0.3, 0.4) is 0 Å². The molecule has 0 radical (unpaired) electrons. The van der Waals surface area contributed by atoms with E-state index >= 15 is 0 Å². The summed E-state index contributed by atoms with van der Waals surface area (Å²) in [7, 11) is 1.72. The van der Waals surface area contributed by atoms with E-state index in [4.69, 9.17) is 4.74 Å². The van der Waals surface area contributed by atoms with Crippen molar-refractivity contribution >= 4 is 15.9 Å². The number of hydrogen-bond acceptors (Lipinski definition) is 3. The predicted molar refractivity (Wildman–Crippen MR) is 76.0 cm³/mol. The Kier molecular flexibility index (Phi) is 5.74. The van der Waals surface area contributed by atoms with Gasteiger partial charge in [0.1, 0.15) is 5.75 Å². The molecule has 1 saturated carbocycles. The van der Waals surface area contributed by atoms with Crippen LogP contribution in [0.25, 0.3) is 0 Å². The Morgan fingerprint density at radius 1 is 1.40 bits per heavy atom. The van der Waals surface area contributed by atoms with Crippen molar-refractivity contribution in [1.29, 1.82) is 0 Å². The lowest BCUT2D eigenvalue weighted by molar-refractivity contribution is -0.0505. The van der Waals surface area contributed by atoms with E-state index in [2.05, 4.69) is 26.0 Å². The average molecular weight is 350 g/mol. The Morgan fingerprint density at radius 3 is 2.85 bits per heavy atom. The van der Waals surface area contributed by atoms with Crippen molar-refractivity contribution in [1.82, 2.24) is 5.32 Å². The molecule has 1 N–H and O–H groups in total. The summed E-state index contributed by atoms with van der Waals surface area (Å²) in [4.78, 5) is 0. The minimum absolute atomic E-state index is 0.219. The number of halogens is 3. The molecule has 1 aliphatic rings. The van der Waals surface area contributed by atoms with Crippen molar-refractivity contribution in [2.24, 2.45) is 0 Å². The van der Waals surface area contributed by atoms with Gasteiger partial charge in [-0.2, -0.15) is 8.78 Å². The first-order valence-electron chi connectivity index (χ1n) is 6.58. The summed E-state index contributed by atoms with van der Waals surface area (Å²) in [5.41, 5.74) is 0.723. The zero-order valence-electron chi connectivity index (χ0n) is 11.2. The molecule has 0 spiro atoms. The minimum atomic E-state index is -2.81. The number of nitrogens with one attached hydrogen (secondary N) is 1. The zero-order valence-corrected chi connectivity index (χ0v) is 12.8. The Balaban J connectivity index is 1.96. The molecule has 1 aromatic rings. The largest absolute Gasteiger partial charge is 0.434 e. The molecule has 1 fully saturated rings. The molecule has 20 heavy (non-hydrogen) atoms. The van der Waals surface area contributed by atoms with E-state index in [1.807, 2.05) is 0 Å². The fraction of sp³-hybridized carbons (Fsp3) is 0.571. The number of rotatable bonds is 6. The monoisotopic (exact) mass is 349 g/mol. The van der Waals surface area contributed by atoms with Gasteiger partial charge >= 0.3 is 6.61 Å². The van der Waals surface area contributed by atoms with Crippen LogP contribution >= 0.6 is 15.9 Å². The first kappa shape index (κ1) is 15.7. The maximum Gasteiger partial charge on any atom is 0.387 e. The third kappa shape index (κ3) is 4.40. The van der Waals surface area contributed by atoms with Crippen LogP contribution in [0, 0.1) is 0 Å². The van der Waals surface area contributed by atoms with Crippen LogP contribution in [0.5, 0.6) is 5.75 Å². The van der Waals surface area contributed by atoms with Gasteiger partial charge in [-0.3, -0.25) is 0 Å². The van der Waals surface area contributed by atoms with Crippen LogP contribution in [-0.4, -0.2) is 25.9 Å². The summed E-state index contributed by atoms with van der Waals surface area (Å²) in [5.74, 6) is 0.219. The fourth-order valence-corrected chi connectivity index (χ4v) is 2.90. The SMILES string of the molecule is COC1CCC(NCc2cc(Br)ccc2OC(F)F)C1. The zero-order chi connectivity index (χ0) is 14.5. The molecule has 2 rings (SSSR count). The second-order valence-corrected chi connectivity index (χ2v) is 5.79. The van der Waals surface area contributed by atoms with Crippen molar-refractivity contribution in [3.63, 3.8) is 0 Å². The predicted octanol–water partition coefficient (Wildman–Crippen LogP) is 3.71. The summed E-state index contributed by atoms with van der Waals surface area (Å²) < 4.78 is 35.4. The molecule has 0 saturated heterocycles. The van der Waals surface area contributed by atoms with Gasteiger partial charge in [-0.25, -0.2) is 0 Å². The van der Waals surface area contributed by atoms with Gasteiger partial charge in [-0.1, -0.05) is 15.9 Å². The van der Waals surface area contributed by atoms with Crippen LogP contribution in [0.15, 0.2) is 22.7 Å². The first-order chi connectivity index (χ1) is 9.58. The van der Waals surface area contributed by atoms with Crippen molar-refractivity contribution < 1.29 is 18.3 Å². The summed E-state index contributed by atoms with van der Waals surface area (Å²) in [6.45, 7) is -2.30. The van der Waals surface area contributed by atoms with E-state index < -0.39 is 6.61 Å². The third-order valence-electron chi connectivity index (χ3n) is 3.54. The van der Waals surface area contributed by atoms with Crippen molar-refractivity contribution in [3.05, 3.63) is 28.2 Å². The van der Waals surface area contributed by atoms with Crippen LogP contribution in [0.4, 0.5) is 8.78 Å². The Hall–Kier alpha value is -0.720. The minimum Gasteiger partial charge on any atom is -0.434 e. The molecule has 1 aromatic carbocycles. The van der Waals surface area contributed by atoms with E-state index in [9.17, 15) is 8.78 Å². The number of benzene rings is 1. The Bertz CT molecular complexity index is 445. The molecular formula is C14H18BrF2NO2. The lowest BCUT2D eigenvalue weighted by atomic mass is 10.1. The summed E-state index contributed by atoms with van der Waals surface area (Å²) >= 11 is 3.35. The number of alkyl halides is 2. The maximum absolute atomic E-state index is 12.4. The maximum atomic E-state index is 12.4. The molecule has 112 valence electrons. The van der Waals surface area contributed by atoms with Gasteiger partial charge in [0, 0.05) is 29.7 Å². The average Bonchev–Trinajstić information content (AvgIpc) is 2.86. The molecule has 0 bridgehead atoms. The van der Waals surface area contributed by atoms with Crippen molar-refractivity contribution in [2.45, 2.75) is 44.6 Å². The van der Waals surface area contributed by atoms with Gasteiger partial charge in [0.25, 0.3) is 0 Å². The van der Waals surface area contributed by atoms with Crippen molar-refractivity contribution in [3.8, 4) is 5.75 Å². The second kappa shape index (κ2) is 7.33. The normalized spacial score (nSPS) is 22.4. The fourth-order valence-electron chi connectivity index (χ4n) is 2.49. The summed E-state index contributed by atoms with van der Waals surface area (Å²) in [6, 6.07) is 5.41. The number of hydrogen-bond donors (Lipinski definition) is 1. The molecule has 6 heteroatoms. The van der Waals surface area contributed by atoms with Gasteiger partial charge < -0.3 is 14.8 Å². The number of ether oxygens (including phenoxy) is 2. The molecule has 2 atom stereocenters. The summed E-state index contributed by atoms with van der Waals surface area (Å²) in [6.07, 6.45) is 3.33. The Labute approximate surface area is 125 Å². The highest BCUT2D eigenvalue weighted by Gasteiger charge is 2.24. The van der Waals surface area contributed by atoms with E-state index in [-0.39, 0.29) is 5.75 Å². The highest BCUT2D eigenvalue weighted by atomic mass is 79.9. The molecule has 2 unspecified atom stereocenters. The van der Waals surface area contributed by atoms with Crippen LogP contribution < -0.4 is 10.1 Å². The topological polar surface area (TPSA) is 30.5 Å².